The van der Waals surface area contributed by atoms with E-state index < -0.39 is 0 Å². The molecule has 2 N–H and O–H groups in total. The Morgan fingerprint density at radius 2 is 1.86 bits per heavy atom. The average molecular weight is 306 g/mol. The third-order valence-electron chi connectivity index (χ3n) is 2.81. The Kier molecular flexibility index (Phi) is 7.29. The standard InChI is InChI=1S/C16H18N2O2.ClH/c1-20-15-9-5-8-14(10-15)18-16(19)12-17-11-13-6-3-2-4-7-13;/h2-10,17H,11-12H2,1H3,(H,18,19);1H/p-1. The summed E-state index contributed by atoms with van der Waals surface area (Å²) in [6, 6.07) is 17.3. The molecular formula is C16H18ClN2O2-. The van der Waals surface area contributed by atoms with E-state index >= 15 is 0 Å². The number of anilines is 1. The van der Waals surface area contributed by atoms with Crippen LogP contribution in [0.4, 0.5) is 5.69 Å². The molecule has 112 valence electrons. The molecule has 0 radical (unpaired) electrons. The molecule has 0 aromatic heterocycles. The molecule has 0 atom stereocenters. The Morgan fingerprint density at radius 1 is 1.10 bits per heavy atom. The normalized spacial score (nSPS) is 9.57. The molecule has 2 rings (SSSR count). The van der Waals surface area contributed by atoms with Crippen molar-refractivity contribution in [2.24, 2.45) is 0 Å². The third kappa shape index (κ3) is 5.85. The molecule has 0 aliphatic heterocycles. The molecule has 0 saturated carbocycles. The van der Waals surface area contributed by atoms with E-state index in [2.05, 4.69) is 10.6 Å². The van der Waals surface area contributed by atoms with Crippen molar-refractivity contribution >= 4 is 11.6 Å². The smallest absolute Gasteiger partial charge is 0.238 e. The maximum atomic E-state index is 11.8. The maximum Gasteiger partial charge on any atom is 0.238 e. The van der Waals surface area contributed by atoms with Gasteiger partial charge in [-0.3, -0.25) is 4.79 Å². The van der Waals surface area contributed by atoms with Gasteiger partial charge in [-0.1, -0.05) is 36.4 Å². The molecular weight excluding hydrogens is 288 g/mol. The third-order valence-corrected chi connectivity index (χ3v) is 2.81. The highest BCUT2D eigenvalue weighted by atomic mass is 35.5. The lowest BCUT2D eigenvalue weighted by molar-refractivity contribution is -0.115. The minimum atomic E-state index is -0.0748. The zero-order valence-electron chi connectivity index (χ0n) is 11.8. The van der Waals surface area contributed by atoms with E-state index in [1.54, 1.807) is 13.2 Å². The number of hydrogen-bond donors (Lipinski definition) is 2. The zero-order chi connectivity index (χ0) is 14.2. The van der Waals surface area contributed by atoms with Crippen LogP contribution in [0.2, 0.25) is 0 Å². The Hall–Kier alpha value is -2.04. The van der Waals surface area contributed by atoms with Crippen molar-refractivity contribution in [1.29, 1.82) is 0 Å². The second-order valence-corrected chi connectivity index (χ2v) is 4.37. The van der Waals surface area contributed by atoms with E-state index in [9.17, 15) is 4.79 Å². The quantitative estimate of drug-likeness (QED) is 0.751. The lowest BCUT2D eigenvalue weighted by atomic mass is 10.2. The minimum Gasteiger partial charge on any atom is -1.00 e. The first-order valence-corrected chi connectivity index (χ1v) is 6.46. The number of nitrogens with one attached hydrogen (secondary N) is 2. The molecule has 0 spiro atoms. The van der Waals surface area contributed by atoms with Crippen molar-refractivity contribution in [3.8, 4) is 5.75 Å². The predicted octanol–water partition coefficient (Wildman–Crippen LogP) is -0.572. The molecule has 4 nitrogen and oxygen atoms in total. The number of carbonyl (C=O) groups excluding carboxylic acids is 1. The lowest BCUT2D eigenvalue weighted by Gasteiger charge is -2.08. The Morgan fingerprint density at radius 3 is 2.57 bits per heavy atom. The summed E-state index contributed by atoms with van der Waals surface area (Å²) in [6.45, 7) is 0.943. The summed E-state index contributed by atoms with van der Waals surface area (Å²) in [7, 11) is 1.60. The number of amides is 1. The Labute approximate surface area is 130 Å². The van der Waals surface area contributed by atoms with Gasteiger partial charge in [0.05, 0.1) is 13.7 Å². The highest BCUT2D eigenvalue weighted by molar-refractivity contribution is 5.92. The molecule has 2 aromatic rings. The number of carbonyl (C=O) groups is 1. The predicted molar refractivity (Wildman–Crippen MR) is 79.8 cm³/mol. The van der Waals surface area contributed by atoms with E-state index in [1.165, 1.54) is 0 Å². The topological polar surface area (TPSA) is 50.4 Å². The van der Waals surface area contributed by atoms with Crippen LogP contribution in [0, 0.1) is 0 Å². The van der Waals surface area contributed by atoms with Crippen molar-refractivity contribution in [3.63, 3.8) is 0 Å². The zero-order valence-corrected chi connectivity index (χ0v) is 12.6. The van der Waals surface area contributed by atoms with Crippen molar-refractivity contribution in [2.45, 2.75) is 6.54 Å². The van der Waals surface area contributed by atoms with E-state index in [0.29, 0.717) is 6.54 Å². The molecule has 0 aliphatic rings. The van der Waals surface area contributed by atoms with E-state index in [1.807, 2.05) is 48.5 Å². The Bertz CT molecular complexity index is 561. The van der Waals surface area contributed by atoms with Gasteiger partial charge >= 0.3 is 0 Å². The van der Waals surface area contributed by atoms with Crippen LogP contribution in [0.25, 0.3) is 0 Å². The van der Waals surface area contributed by atoms with Crippen molar-refractivity contribution in [1.82, 2.24) is 5.32 Å². The highest BCUT2D eigenvalue weighted by Gasteiger charge is 2.02. The fraction of sp³-hybridized carbons (Fsp3) is 0.188. The summed E-state index contributed by atoms with van der Waals surface area (Å²) in [6.07, 6.45) is 0. The van der Waals surface area contributed by atoms with Crippen molar-refractivity contribution in [2.75, 3.05) is 19.0 Å². The van der Waals surface area contributed by atoms with Gasteiger partial charge in [0.2, 0.25) is 5.91 Å². The number of halogens is 1. The Balaban J connectivity index is 0.00000220. The van der Waals surface area contributed by atoms with Crippen LogP contribution < -0.4 is 27.8 Å². The summed E-state index contributed by atoms with van der Waals surface area (Å²) in [4.78, 5) is 11.8. The monoisotopic (exact) mass is 305 g/mol. The summed E-state index contributed by atoms with van der Waals surface area (Å²) in [5.41, 5.74) is 1.89. The van der Waals surface area contributed by atoms with Gasteiger partial charge < -0.3 is 27.8 Å². The van der Waals surface area contributed by atoms with Crippen LogP contribution in [0.1, 0.15) is 5.56 Å². The van der Waals surface area contributed by atoms with Gasteiger partial charge in [-0.05, 0) is 17.7 Å². The van der Waals surface area contributed by atoms with Gasteiger partial charge in [0.1, 0.15) is 5.75 Å². The highest BCUT2D eigenvalue weighted by Crippen LogP contribution is 2.16. The van der Waals surface area contributed by atoms with E-state index in [0.717, 1.165) is 17.0 Å². The maximum absolute atomic E-state index is 11.8. The van der Waals surface area contributed by atoms with Gasteiger partial charge in [0.25, 0.3) is 0 Å². The number of methoxy groups -OCH3 is 1. The van der Waals surface area contributed by atoms with Crippen LogP contribution in [-0.2, 0) is 11.3 Å². The van der Waals surface area contributed by atoms with Crippen LogP contribution in [0.15, 0.2) is 54.6 Å². The second-order valence-electron chi connectivity index (χ2n) is 4.37. The molecule has 0 saturated heterocycles. The van der Waals surface area contributed by atoms with Crippen LogP contribution in [0.3, 0.4) is 0 Å². The molecule has 0 bridgehead atoms. The largest absolute Gasteiger partial charge is 1.00 e. The minimum absolute atomic E-state index is 0. The first-order valence-electron chi connectivity index (χ1n) is 6.46. The van der Waals surface area contributed by atoms with Crippen LogP contribution in [0.5, 0.6) is 5.75 Å². The fourth-order valence-corrected chi connectivity index (χ4v) is 1.82. The average Bonchev–Trinajstić information content (AvgIpc) is 2.48. The molecule has 2 aromatic carbocycles. The summed E-state index contributed by atoms with van der Waals surface area (Å²) in [5, 5.41) is 5.93. The van der Waals surface area contributed by atoms with Crippen LogP contribution in [-0.4, -0.2) is 19.6 Å². The first kappa shape index (κ1) is 17.0. The molecule has 0 aliphatic carbocycles. The molecule has 0 unspecified atom stereocenters. The number of hydrogen-bond acceptors (Lipinski definition) is 3. The molecule has 0 heterocycles. The number of benzene rings is 2. The van der Waals surface area contributed by atoms with Gasteiger partial charge in [-0.2, -0.15) is 0 Å². The molecule has 21 heavy (non-hydrogen) atoms. The second kappa shape index (κ2) is 9.00. The van der Waals surface area contributed by atoms with Crippen molar-refractivity contribution < 1.29 is 21.9 Å². The first-order chi connectivity index (χ1) is 9.78. The lowest BCUT2D eigenvalue weighted by Crippen LogP contribution is -3.00. The summed E-state index contributed by atoms with van der Waals surface area (Å²) < 4.78 is 5.11. The molecule has 1 amide bonds. The van der Waals surface area contributed by atoms with Gasteiger partial charge in [0.15, 0.2) is 0 Å². The summed E-state index contributed by atoms with van der Waals surface area (Å²) in [5.74, 6) is 0.647. The van der Waals surface area contributed by atoms with Gasteiger partial charge in [0, 0.05) is 18.3 Å². The SMILES string of the molecule is COc1cccc(NC(=O)CNCc2ccccc2)c1.[Cl-]. The van der Waals surface area contributed by atoms with Crippen LogP contribution >= 0.6 is 0 Å². The number of ether oxygens (including phenoxy) is 1. The van der Waals surface area contributed by atoms with Gasteiger partial charge in [-0.25, -0.2) is 0 Å². The van der Waals surface area contributed by atoms with E-state index in [4.69, 9.17) is 4.74 Å². The van der Waals surface area contributed by atoms with Gasteiger partial charge in [-0.15, -0.1) is 0 Å². The fourth-order valence-electron chi connectivity index (χ4n) is 1.82. The number of rotatable bonds is 6. The summed E-state index contributed by atoms with van der Waals surface area (Å²) >= 11 is 0. The van der Waals surface area contributed by atoms with Crippen molar-refractivity contribution in [3.05, 3.63) is 60.2 Å². The van der Waals surface area contributed by atoms with E-state index in [-0.39, 0.29) is 24.9 Å². The molecule has 5 heteroatoms. The molecule has 0 fully saturated rings.